The van der Waals surface area contributed by atoms with E-state index in [0.29, 0.717) is 17.2 Å². The largest absolute Gasteiger partial charge is 0.497 e. The van der Waals surface area contributed by atoms with Gasteiger partial charge in [-0.25, -0.2) is 0 Å². The first-order valence-corrected chi connectivity index (χ1v) is 6.59. The Morgan fingerprint density at radius 2 is 1.83 bits per heavy atom. The molecule has 1 heterocycles. The molecule has 0 radical (unpaired) electrons. The summed E-state index contributed by atoms with van der Waals surface area (Å²) >= 11 is 0. The molecule has 9 nitrogen and oxygen atoms in total. The van der Waals surface area contributed by atoms with Gasteiger partial charge >= 0.3 is 5.69 Å². The Bertz CT molecular complexity index is 747. The molecule has 2 rings (SSSR count). The number of hydrogen-bond donors (Lipinski definition) is 1. The number of nitrogens with one attached hydrogen (secondary N) is 1. The normalized spacial score (nSPS) is 10.3. The van der Waals surface area contributed by atoms with Crippen molar-refractivity contribution in [3.05, 3.63) is 39.7 Å². The zero-order chi connectivity index (χ0) is 17.1. The third-order valence-electron chi connectivity index (χ3n) is 3.20. The molecule has 2 aromatic rings. The SMILES string of the molecule is COc1cc(NC(=O)c2c([N+](=O)[O-])c(C)nn2C)cc(OC)c1. The lowest BCUT2D eigenvalue weighted by Crippen LogP contribution is -2.17. The van der Waals surface area contributed by atoms with Crippen molar-refractivity contribution in [3.8, 4) is 11.5 Å². The molecular weight excluding hydrogens is 304 g/mol. The Morgan fingerprint density at radius 3 is 2.30 bits per heavy atom. The minimum absolute atomic E-state index is 0.130. The van der Waals surface area contributed by atoms with Gasteiger partial charge in [0.2, 0.25) is 5.69 Å². The van der Waals surface area contributed by atoms with Gasteiger partial charge in [0.05, 0.1) is 19.1 Å². The van der Waals surface area contributed by atoms with E-state index in [9.17, 15) is 14.9 Å². The summed E-state index contributed by atoms with van der Waals surface area (Å²) in [6, 6.07) is 4.80. The molecule has 0 bridgehead atoms. The van der Waals surface area contributed by atoms with E-state index in [1.54, 1.807) is 18.2 Å². The first kappa shape index (κ1) is 16.3. The van der Waals surface area contributed by atoms with Crippen molar-refractivity contribution in [1.29, 1.82) is 0 Å². The fraction of sp³-hybridized carbons (Fsp3) is 0.286. The Labute approximate surface area is 132 Å². The van der Waals surface area contributed by atoms with Crippen molar-refractivity contribution < 1.29 is 19.2 Å². The van der Waals surface area contributed by atoms with Crippen LogP contribution in [0.2, 0.25) is 0 Å². The Kier molecular flexibility index (Phi) is 4.49. The summed E-state index contributed by atoms with van der Waals surface area (Å²) in [5.41, 5.74) is 0.111. The molecule has 0 fully saturated rings. The zero-order valence-corrected chi connectivity index (χ0v) is 13.1. The molecule has 1 aromatic heterocycles. The van der Waals surface area contributed by atoms with Crippen LogP contribution < -0.4 is 14.8 Å². The van der Waals surface area contributed by atoms with Gasteiger partial charge < -0.3 is 14.8 Å². The minimum Gasteiger partial charge on any atom is -0.497 e. The maximum Gasteiger partial charge on any atom is 0.322 e. The lowest BCUT2D eigenvalue weighted by atomic mass is 10.2. The highest BCUT2D eigenvalue weighted by Gasteiger charge is 2.29. The van der Waals surface area contributed by atoms with Crippen LogP contribution in [-0.4, -0.2) is 34.8 Å². The number of ether oxygens (including phenoxy) is 2. The minimum atomic E-state index is -0.643. The summed E-state index contributed by atoms with van der Waals surface area (Å²) in [4.78, 5) is 22.9. The second-order valence-electron chi connectivity index (χ2n) is 4.72. The highest BCUT2D eigenvalue weighted by molar-refractivity contribution is 6.06. The van der Waals surface area contributed by atoms with Crippen LogP contribution in [0.5, 0.6) is 11.5 Å². The number of nitro groups is 1. The van der Waals surface area contributed by atoms with E-state index in [4.69, 9.17) is 9.47 Å². The van der Waals surface area contributed by atoms with E-state index in [0.717, 1.165) is 0 Å². The van der Waals surface area contributed by atoms with Crippen molar-refractivity contribution in [2.24, 2.45) is 7.05 Å². The van der Waals surface area contributed by atoms with E-state index in [2.05, 4.69) is 10.4 Å². The number of hydrogen-bond acceptors (Lipinski definition) is 6. The molecule has 1 amide bonds. The quantitative estimate of drug-likeness (QED) is 0.666. The molecule has 0 spiro atoms. The highest BCUT2D eigenvalue weighted by Crippen LogP contribution is 2.28. The molecule has 0 aliphatic rings. The Balaban J connectivity index is 2.39. The topological polar surface area (TPSA) is 109 Å². The van der Waals surface area contributed by atoms with Crippen molar-refractivity contribution in [2.45, 2.75) is 6.92 Å². The fourth-order valence-corrected chi connectivity index (χ4v) is 2.19. The van der Waals surface area contributed by atoms with Gasteiger partial charge in [-0.15, -0.1) is 0 Å². The average molecular weight is 320 g/mol. The first-order chi connectivity index (χ1) is 10.9. The van der Waals surface area contributed by atoms with Crippen LogP contribution in [0, 0.1) is 17.0 Å². The van der Waals surface area contributed by atoms with Gasteiger partial charge in [0.1, 0.15) is 17.2 Å². The number of amides is 1. The van der Waals surface area contributed by atoms with Crippen LogP contribution in [0.4, 0.5) is 11.4 Å². The third kappa shape index (κ3) is 3.23. The molecule has 0 aliphatic heterocycles. The first-order valence-electron chi connectivity index (χ1n) is 6.59. The van der Waals surface area contributed by atoms with Gasteiger partial charge in [0.15, 0.2) is 0 Å². The summed E-state index contributed by atoms with van der Waals surface area (Å²) < 4.78 is 11.4. The molecule has 9 heteroatoms. The van der Waals surface area contributed by atoms with Crippen LogP contribution in [0.25, 0.3) is 0 Å². The maximum atomic E-state index is 12.4. The van der Waals surface area contributed by atoms with Gasteiger partial charge in [0.25, 0.3) is 5.91 Å². The molecular formula is C14H16N4O5. The number of nitrogens with zero attached hydrogens (tertiary/aromatic N) is 3. The Morgan fingerprint density at radius 1 is 1.26 bits per heavy atom. The Hall–Kier alpha value is -3.10. The third-order valence-corrected chi connectivity index (χ3v) is 3.20. The number of rotatable bonds is 5. The summed E-state index contributed by atoms with van der Waals surface area (Å²) in [6.45, 7) is 1.48. The molecule has 0 atom stereocenters. The summed E-state index contributed by atoms with van der Waals surface area (Å²) in [5.74, 6) is 0.320. The van der Waals surface area contributed by atoms with Crippen LogP contribution in [0.3, 0.4) is 0 Å². The van der Waals surface area contributed by atoms with Crippen LogP contribution >= 0.6 is 0 Å². The smallest absolute Gasteiger partial charge is 0.322 e. The van der Waals surface area contributed by atoms with Crippen molar-refractivity contribution >= 4 is 17.3 Å². The van der Waals surface area contributed by atoms with Gasteiger partial charge in [-0.1, -0.05) is 0 Å². The van der Waals surface area contributed by atoms with Crippen molar-refractivity contribution in [1.82, 2.24) is 9.78 Å². The van der Waals surface area contributed by atoms with Gasteiger partial charge in [-0.2, -0.15) is 5.10 Å². The zero-order valence-electron chi connectivity index (χ0n) is 13.1. The van der Waals surface area contributed by atoms with E-state index in [-0.39, 0.29) is 17.1 Å². The number of benzene rings is 1. The second-order valence-corrected chi connectivity index (χ2v) is 4.72. The van der Waals surface area contributed by atoms with Crippen LogP contribution in [-0.2, 0) is 7.05 Å². The lowest BCUT2D eigenvalue weighted by molar-refractivity contribution is -0.385. The van der Waals surface area contributed by atoms with E-state index >= 15 is 0 Å². The summed E-state index contributed by atoms with van der Waals surface area (Å²) in [6.07, 6.45) is 0. The van der Waals surface area contributed by atoms with Gasteiger partial charge in [0, 0.05) is 30.9 Å². The van der Waals surface area contributed by atoms with E-state index in [1.165, 1.54) is 32.9 Å². The number of methoxy groups -OCH3 is 2. The number of anilines is 1. The van der Waals surface area contributed by atoms with Crippen molar-refractivity contribution in [3.63, 3.8) is 0 Å². The molecule has 122 valence electrons. The summed E-state index contributed by atoms with van der Waals surface area (Å²) in [7, 11) is 4.44. The number of aryl methyl sites for hydroxylation is 2. The molecule has 23 heavy (non-hydrogen) atoms. The standard InChI is InChI=1S/C14H16N4O5/c1-8-12(18(20)21)13(17(2)16-8)14(19)15-9-5-10(22-3)7-11(6-9)23-4/h5-7H,1-4H3,(H,15,19). The average Bonchev–Trinajstić information content (AvgIpc) is 2.81. The monoisotopic (exact) mass is 320 g/mol. The fourth-order valence-electron chi connectivity index (χ4n) is 2.19. The molecule has 0 aliphatic carbocycles. The molecule has 0 unspecified atom stereocenters. The predicted molar refractivity (Wildman–Crippen MR) is 82.1 cm³/mol. The van der Waals surface area contributed by atoms with Crippen LogP contribution in [0.15, 0.2) is 18.2 Å². The van der Waals surface area contributed by atoms with Crippen molar-refractivity contribution in [2.75, 3.05) is 19.5 Å². The van der Waals surface area contributed by atoms with Gasteiger partial charge in [-0.05, 0) is 6.92 Å². The highest BCUT2D eigenvalue weighted by atomic mass is 16.6. The summed E-state index contributed by atoms with van der Waals surface area (Å²) in [5, 5.41) is 17.7. The molecule has 0 saturated carbocycles. The number of carbonyl (C=O) groups is 1. The van der Waals surface area contributed by atoms with Crippen LogP contribution in [0.1, 0.15) is 16.2 Å². The number of carbonyl (C=O) groups excluding carboxylic acids is 1. The maximum absolute atomic E-state index is 12.4. The van der Waals surface area contributed by atoms with Gasteiger partial charge in [-0.3, -0.25) is 19.6 Å². The predicted octanol–water partition coefficient (Wildman–Crippen LogP) is 1.91. The molecule has 1 N–H and O–H groups in total. The molecule has 0 saturated heterocycles. The lowest BCUT2D eigenvalue weighted by Gasteiger charge is -2.09. The van der Waals surface area contributed by atoms with E-state index < -0.39 is 10.8 Å². The second kappa shape index (κ2) is 6.34. The number of aromatic nitrogens is 2. The molecule has 1 aromatic carbocycles. The van der Waals surface area contributed by atoms with E-state index in [1.807, 2.05) is 0 Å².